The van der Waals surface area contributed by atoms with Gasteiger partial charge in [0.05, 0.1) is 39.3 Å². The molecule has 2 atom stereocenters. The molecule has 2 unspecified atom stereocenters. The lowest BCUT2D eigenvalue weighted by molar-refractivity contribution is -0.00636. The van der Waals surface area contributed by atoms with Crippen molar-refractivity contribution in [2.75, 3.05) is 40.5 Å². The van der Waals surface area contributed by atoms with Crippen LogP contribution in [0.3, 0.4) is 0 Å². The van der Waals surface area contributed by atoms with Crippen LogP contribution < -0.4 is 9.47 Å². The number of aliphatic hydroxyl groups excluding tert-OH is 1. The second-order valence-corrected chi connectivity index (χ2v) is 7.27. The highest BCUT2D eigenvalue weighted by molar-refractivity contribution is 5.42. The third kappa shape index (κ3) is 6.75. The van der Waals surface area contributed by atoms with E-state index in [1.165, 1.54) is 0 Å². The highest BCUT2D eigenvalue weighted by atomic mass is 16.5. The summed E-state index contributed by atoms with van der Waals surface area (Å²) in [4.78, 5) is 2.21. The summed E-state index contributed by atoms with van der Waals surface area (Å²) in [6.07, 6.45) is 3.34. The lowest BCUT2D eigenvalue weighted by Gasteiger charge is -2.27. The zero-order valence-corrected chi connectivity index (χ0v) is 17.2. The van der Waals surface area contributed by atoms with Crippen molar-refractivity contribution >= 4 is 0 Å². The van der Waals surface area contributed by atoms with E-state index in [0.29, 0.717) is 31.2 Å². The van der Waals surface area contributed by atoms with Crippen molar-refractivity contribution in [2.45, 2.75) is 38.2 Å². The lowest BCUT2D eigenvalue weighted by Crippen LogP contribution is -2.39. The first-order valence-corrected chi connectivity index (χ1v) is 10.0. The number of ether oxygens (including phenoxy) is 4. The van der Waals surface area contributed by atoms with E-state index in [-0.39, 0.29) is 12.7 Å². The van der Waals surface area contributed by atoms with Crippen molar-refractivity contribution < 1.29 is 28.5 Å². The number of hydrogen-bond acceptors (Lipinski definition) is 7. The summed E-state index contributed by atoms with van der Waals surface area (Å²) >= 11 is 0. The first-order valence-electron chi connectivity index (χ1n) is 10.0. The molecule has 29 heavy (non-hydrogen) atoms. The first-order chi connectivity index (χ1) is 14.2. The molecule has 1 aliphatic rings. The molecular formula is C22H31NO6. The Morgan fingerprint density at radius 3 is 2.76 bits per heavy atom. The van der Waals surface area contributed by atoms with E-state index < -0.39 is 6.10 Å². The maximum absolute atomic E-state index is 10.5. The summed E-state index contributed by atoms with van der Waals surface area (Å²) in [6, 6.07) is 9.57. The van der Waals surface area contributed by atoms with Crippen LogP contribution in [-0.4, -0.2) is 62.7 Å². The van der Waals surface area contributed by atoms with E-state index in [1.807, 2.05) is 30.3 Å². The van der Waals surface area contributed by atoms with Gasteiger partial charge >= 0.3 is 0 Å². The molecule has 0 radical (unpaired) electrons. The van der Waals surface area contributed by atoms with E-state index in [4.69, 9.17) is 23.4 Å². The standard InChI is InChI=1S/C22H31NO6/c1-25-21-8-7-17(11-22(21)26-2)12-23(14-19-5-3-9-28-19)13-18(24)15-27-16-20-6-4-10-29-20/h4,6-8,10-11,18-19,24H,3,5,9,12-16H2,1-2H3. The van der Waals surface area contributed by atoms with Crippen LogP contribution in [0, 0.1) is 0 Å². The summed E-state index contributed by atoms with van der Waals surface area (Å²) in [7, 11) is 3.26. The number of aliphatic hydroxyl groups is 1. The molecule has 2 aromatic rings. The minimum Gasteiger partial charge on any atom is -0.493 e. The number of furan rings is 1. The fourth-order valence-corrected chi connectivity index (χ4v) is 3.56. The molecule has 3 rings (SSSR count). The average Bonchev–Trinajstić information content (AvgIpc) is 3.42. The van der Waals surface area contributed by atoms with Gasteiger partial charge in [-0.15, -0.1) is 0 Å². The van der Waals surface area contributed by atoms with Gasteiger partial charge in [-0.25, -0.2) is 0 Å². The molecule has 0 spiro atoms. The van der Waals surface area contributed by atoms with Gasteiger partial charge in [0, 0.05) is 26.2 Å². The molecule has 1 aromatic carbocycles. The summed E-state index contributed by atoms with van der Waals surface area (Å²) in [6.45, 7) is 3.34. The van der Waals surface area contributed by atoms with Crippen LogP contribution in [0.4, 0.5) is 0 Å². The summed E-state index contributed by atoms with van der Waals surface area (Å²) in [5, 5.41) is 10.5. The SMILES string of the molecule is COc1ccc(CN(CC(O)COCc2ccco2)CC2CCCO2)cc1OC. The van der Waals surface area contributed by atoms with Gasteiger partial charge in [0.15, 0.2) is 11.5 Å². The smallest absolute Gasteiger partial charge is 0.161 e. The number of nitrogens with zero attached hydrogens (tertiary/aromatic N) is 1. The van der Waals surface area contributed by atoms with Crippen molar-refractivity contribution in [2.24, 2.45) is 0 Å². The molecule has 7 heteroatoms. The molecule has 7 nitrogen and oxygen atoms in total. The van der Waals surface area contributed by atoms with E-state index in [1.54, 1.807) is 20.5 Å². The molecule has 1 saturated heterocycles. The van der Waals surface area contributed by atoms with Crippen molar-refractivity contribution in [3.63, 3.8) is 0 Å². The van der Waals surface area contributed by atoms with Gasteiger partial charge in [-0.1, -0.05) is 6.07 Å². The Labute approximate surface area is 172 Å². The van der Waals surface area contributed by atoms with Crippen molar-refractivity contribution in [1.82, 2.24) is 4.90 Å². The van der Waals surface area contributed by atoms with Crippen molar-refractivity contribution in [1.29, 1.82) is 0 Å². The molecule has 0 saturated carbocycles. The van der Waals surface area contributed by atoms with Crippen LogP contribution in [0.15, 0.2) is 41.0 Å². The summed E-state index contributed by atoms with van der Waals surface area (Å²) in [5.74, 6) is 2.15. The lowest BCUT2D eigenvalue weighted by atomic mass is 10.1. The van der Waals surface area contributed by atoms with E-state index in [9.17, 15) is 5.11 Å². The van der Waals surface area contributed by atoms with Crippen LogP contribution >= 0.6 is 0 Å². The Morgan fingerprint density at radius 1 is 1.21 bits per heavy atom. The normalized spacial score (nSPS) is 17.6. The first kappa shape index (κ1) is 21.6. The Bertz CT molecular complexity index is 714. The predicted octanol–water partition coefficient (Wildman–Crippen LogP) is 2.86. The quantitative estimate of drug-likeness (QED) is 0.582. The Morgan fingerprint density at radius 2 is 2.07 bits per heavy atom. The molecule has 2 heterocycles. The van der Waals surface area contributed by atoms with Gasteiger partial charge in [0.2, 0.25) is 0 Å². The zero-order chi connectivity index (χ0) is 20.5. The second kappa shape index (κ2) is 11.2. The minimum atomic E-state index is -0.605. The summed E-state index contributed by atoms with van der Waals surface area (Å²) < 4.78 is 27.4. The number of rotatable bonds is 12. The minimum absolute atomic E-state index is 0.200. The number of hydrogen-bond donors (Lipinski definition) is 1. The van der Waals surface area contributed by atoms with Crippen LogP contribution in [0.25, 0.3) is 0 Å². The molecule has 160 valence electrons. The number of methoxy groups -OCH3 is 2. The zero-order valence-electron chi connectivity index (χ0n) is 17.2. The highest BCUT2D eigenvalue weighted by Gasteiger charge is 2.22. The van der Waals surface area contributed by atoms with Crippen molar-refractivity contribution in [3.05, 3.63) is 47.9 Å². The molecular weight excluding hydrogens is 374 g/mol. The molecule has 0 amide bonds. The predicted molar refractivity (Wildman–Crippen MR) is 108 cm³/mol. The van der Waals surface area contributed by atoms with E-state index in [2.05, 4.69) is 4.90 Å². The monoisotopic (exact) mass is 405 g/mol. The van der Waals surface area contributed by atoms with Gasteiger partial charge in [0.25, 0.3) is 0 Å². The van der Waals surface area contributed by atoms with Gasteiger partial charge in [-0.2, -0.15) is 0 Å². The molecule has 0 aliphatic carbocycles. The average molecular weight is 405 g/mol. The molecule has 0 bridgehead atoms. The maximum atomic E-state index is 10.5. The molecule has 1 aromatic heterocycles. The van der Waals surface area contributed by atoms with E-state index >= 15 is 0 Å². The topological polar surface area (TPSA) is 73.5 Å². The Balaban J connectivity index is 1.57. The van der Waals surface area contributed by atoms with Crippen LogP contribution in [0.2, 0.25) is 0 Å². The molecule has 1 fully saturated rings. The highest BCUT2D eigenvalue weighted by Crippen LogP contribution is 2.28. The van der Waals surface area contributed by atoms with Crippen LogP contribution in [0.5, 0.6) is 11.5 Å². The van der Waals surface area contributed by atoms with Gasteiger partial charge < -0.3 is 28.5 Å². The molecule has 1 N–H and O–H groups in total. The fraction of sp³-hybridized carbons (Fsp3) is 0.545. The summed E-state index contributed by atoms with van der Waals surface area (Å²) in [5.41, 5.74) is 1.09. The van der Waals surface area contributed by atoms with Crippen molar-refractivity contribution in [3.8, 4) is 11.5 Å². The third-order valence-electron chi connectivity index (χ3n) is 4.94. The third-order valence-corrected chi connectivity index (χ3v) is 4.94. The number of benzene rings is 1. The largest absolute Gasteiger partial charge is 0.493 e. The molecule has 1 aliphatic heterocycles. The van der Waals surface area contributed by atoms with Gasteiger partial charge in [0.1, 0.15) is 12.4 Å². The van der Waals surface area contributed by atoms with E-state index in [0.717, 1.165) is 37.3 Å². The Hall–Kier alpha value is -2.06. The Kier molecular flexibility index (Phi) is 8.37. The van der Waals surface area contributed by atoms with Gasteiger partial charge in [-0.05, 0) is 42.7 Å². The maximum Gasteiger partial charge on any atom is 0.161 e. The fourth-order valence-electron chi connectivity index (χ4n) is 3.56. The van der Waals surface area contributed by atoms with Gasteiger partial charge in [-0.3, -0.25) is 4.90 Å². The van der Waals surface area contributed by atoms with Crippen LogP contribution in [0.1, 0.15) is 24.2 Å². The second-order valence-electron chi connectivity index (χ2n) is 7.27. The van der Waals surface area contributed by atoms with Crippen LogP contribution in [-0.2, 0) is 22.6 Å².